The van der Waals surface area contributed by atoms with Gasteiger partial charge in [-0.05, 0) is 38.5 Å². The lowest BCUT2D eigenvalue weighted by atomic mass is 10.1. The van der Waals surface area contributed by atoms with E-state index in [1.807, 2.05) is 0 Å². The molecule has 1 N–H and O–H groups in total. The van der Waals surface area contributed by atoms with Crippen molar-refractivity contribution in [2.75, 3.05) is 5.32 Å². The van der Waals surface area contributed by atoms with Crippen LogP contribution in [0.15, 0.2) is 24.3 Å². The van der Waals surface area contributed by atoms with E-state index in [0.29, 0.717) is 11.3 Å². The Morgan fingerprint density at radius 3 is 2.53 bits per heavy atom. The molecular weight excluding hydrogens is 220 g/mol. The summed E-state index contributed by atoms with van der Waals surface area (Å²) in [6.07, 6.45) is 2.97. The summed E-state index contributed by atoms with van der Waals surface area (Å²) < 4.78 is 0. The summed E-state index contributed by atoms with van der Waals surface area (Å²) in [7, 11) is 0. The van der Waals surface area contributed by atoms with E-state index in [1.165, 1.54) is 12.1 Å². The zero-order valence-corrected chi connectivity index (χ0v) is 9.98. The fourth-order valence-electron chi connectivity index (χ4n) is 1.50. The Morgan fingerprint density at radius 2 is 2.00 bits per heavy atom. The third-order valence-corrected chi connectivity index (χ3v) is 2.32. The number of benzene rings is 1. The maximum absolute atomic E-state index is 11.4. The van der Waals surface area contributed by atoms with Gasteiger partial charge in [-0.15, -0.1) is 0 Å². The van der Waals surface area contributed by atoms with Gasteiger partial charge >= 0.3 is 0 Å². The number of allylic oxidation sites excluding steroid dienone is 1. The summed E-state index contributed by atoms with van der Waals surface area (Å²) in [4.78, 5) is 21.7. The van der Waals surface area contributed by atoms with Crippen molar-refractivity contribution in [2.24, 2.45) is 0 Å². The van der Waals surface area contributed by atoms with E-state index in [2.05, 4.69) is 5.32 Å². The molecule has 0 radical (unpaired) electrons. The molecule has 0 aliphatic carbocycles. The van der Waals surface area contributed by atoms with Gasteiger partial charge in [0.1, 0.15) is 0 Å². The second kappa shape index (κ2) is 5.25. The summed E-state index contributed by atoms with van der Waals surface area (Å²) in [5.74, 6) is -0.297. The molecule has 1 amide bonds. The highest BCUT2D eigenvalue weighted by atomic mass is 16.6. The molecule has 0 aliphatic heterocycles. The highest BCUT2D eigenvalue weighted by Gasteiger charge is 2.14. The lowest BCUT2D eigenvalue weighted by Crippen LogP contribution is -2.09. The average Bonchev–Trinajstić information content (AvgIpc) is 2.21. The molecule has 1 rings (SSSR count). The number of anilines is 1. The predicted octanol–water partition coefficient (Wildman–Crippen LogP) is 2.73. The van der Waals surface area contributed by atoms with Gasteiger partial charge in [-0.25, -0.2) is 0 Å². The van der Waals surface area contributed by atoms with Crippen LogP contribution < -0.4 is 5.32 Å². The number of rotatable bonds is 3. The molecule has 1 aromatic carbocycles. The first-order valence-electron chi connectivity index (χ1n) is 5.15. The van der Waals surface area contributed by atoms with Gasteiger partial charge in [0.15, 0.2) is 0 Å². The lowest BCUT2D eigenvalue weighted by Gasteiger charge is -2.07. The predicted molar refractivity (Wildman–Crippen MR) is 66.0 cm³/mol. The number of amides is 1. The number of hydrogen-bond acceptors (Lipinski definition) is 3. The lowest BCUT2D eigenvalue weighted by molar-refractivity contribution is -0.385. The summed E-state index contributed by atoms with van der Waals surface area (Å²) in [5, 5.41) is 13.4. The summed E-state index contributed by atoms with van der Waals surface area (Å²) >= 11 is 0. The van der Waals surface area contributed by atoms with E-state index in [9.17, 15) is 14.9 Å². The second-order valence-electron chi connectivity index (χ2n) is 3.70. The van der Waals surface area contributed by atoms with Crippen molar-refractivity contribution in [3.8, 4) is 0 Å². The average molecular weight is 234 g/mol. The fraction of sp³-hybridized carbons (Fsp3) is 0.250. The number of nitrogens with one attached hydrogen (secondary N) is 1. The molecule has 0 aliphatic rings. The van der Waals surface area contributed by atoms with Crippen molar-refractivity contribution in [2.45, 2.75) is 20.8 Å². The Hall–Kier alpha value is -2.17. The Bertz CT molecular complexity index is 493. The first-order chi connectivity index (χ1) is 7.95. The number of nitro benzene ring substituents is 1. The van der Waals surface area contributed by atoms with Crippen LogP contribution in [-0.2, 0) is 4.79 Å². The van der Waals surface area contributed by atoms with E-state index in [4.69, 9.17) is 0 Å². The fourth-order valence-corrected chi connectivity index (χ4v) is 1.50. The number of hydrogen-bond donors (Lipinski definition) is 1. The van der Waals surface area contributed by atoms with Crippen molar-refractivity contribution >= 4 is 17.3 Å². The normalized spacial score (nSPS) is 10.5. The second-order valence-corrected chi connectivity index (χ2v) is 3.70. The largest absolute Gasteiger partial charge is 0.322 e. The number of aryl methyl sites for hydroxylation is 2. The zero-order valence-electron chi connectivity index (χ0n) is 9.98. The minimum atomic E-state index is -0.458. The Labute approximate surface area is 99.3 Å². The molecule has 0 bridgehead atoms. The molecule has 0 atom stereocenters. The number of carbonyl (C=O) groups excluding carboxylic acids is 1. The number of carbonyl (C=O) groups is 1. The molecule has 0 heterocycles. The smallest absolute Gasteiger partial charge is 0.274 e. The molecule has 90 valence electrons. The van der Waals surface area contributed by atoms with Crippen LogP contribution in [0.2, 0.25) is 0 Å². The van der Waals surface area contributed by atoms with E-state index in [-0.39, 0.29) is 11.6 Å². The monoisotopic (exact) mass is 234 g/mol. The third-order valence-electron chi connectivity index (χ3n) is 2.32. The summed E-state index contributed by atoms with van der Waals surface area (Å²) in [5.41, 5.74) is 1.85. The van der Waals surface area contributed by atoms with Crippen LogP contribution in [0, 0.1) is 24.0 Å². The third kappa shape index (κ3) is 3.14. The van der Waals surface area contributed by atoms with Crippen LogP contribution in [0.3, 0.4) is 0 Å². The Kier molecular flexibility index (Phi) is 3.98. The molecule has 5 heteroatoms. The maximum Gasteiger partial charge on any atom is 0.274 e. The van der Waals surface area contributed by atoms with Crippen molar-refractivity contribution in [3.63, 3.8) is 0 Å². The van der Waals surface area contributed by atoms with Crippen LogP contribution in [0.1, 0.15) is 18.1 Å². The van der Waals surface area contributed by atoms with Crippen LogP contribution in [-0.4, -0.2) is 10.8 Å². The molecule has 1 aromatic rings. The van der Waals surface area contributed by atoms with Gasteiger partial charge in [-0.2, -0.15) is 0 Å². The maximum atomic E-state index is 11.4. The molecule has 0 aromatic heterocycles. The van der Waals surface area contributed by atoms with E-state index >= 15 is 0 Å². The van der Waals surface area contributed by atoms with Crippen LogP contribution in [0.5, 0.6) is 0 Å². The molecule has 17 heavy (non-hydrogen) atoms. The molecule has 0 saturated carbocycles. The number of nitro groups is 1. The summed E-state index contributed by atoms with van der Waals surface area (Å²) in [6, 6.07) is 3.06. The topological polar surface area (TPSA) is 72.2 Å². The van der Waals surface area contributed by atoms with Gasteiger partial charge in [-0.1, -0.05) is 6.08 Å². The molecular formula is C12H14N2O3. The van der Waals surface area contributed by atoms with Gasteiger partial charge in [-0.3, -0.25) is 14.9 Å². The summed E-state index contributed by atoms with van der Waals surface area (Å²) in [6.45, 7) is 5.19. The van der Waals surface area contributed by atoms with Crippen LogP contribution in [0.4, 0.5) is 11.4 Å². The minimum Gasteiger partial charge on any atom is -0.322 e. The molecule has 0 spiro atoms. The number of nitrogens with zero attached hydrogens (tertiary/aromatic N) is 1. The minimum absolute atomic E-state index is 0.00591. The highest BCUT2D eigenvalue weighted by Crippen LogP contribution is 2.26. The van der Waals surface area contributed by atoms with Crippen molar-refractivity contribution in [1.82, 2.24) is 0 Å². The zero-order chi connectivity index (χ0) is 13.0. The van der Waals surface area contributed by atoms with Gasteiger partial charge < -0.3 is 5.32 Å². The van der Waals surface area contributed by atoms with Gasteiger partial charge in [0, 0.05) is 11.6 Å². The Balaban J connectivity index is 3.12. The van der Waals surface area contributed by atoms with Gasteiger partial charge in [0.25, 0.3) is 5.69 Å². The van der Waals surface area contributed by atoms with Gasteiger partial charge in [0.2, 0.25) is 5.91 Å². The van der Waals surface area contributed by atoms with E-state index < -0.39 is 4.92 Å². The van der Waals surface area contributed by atoms with Crippen molar-refractivity contribution < 1.29 is 9.72 Å². The Morgan fingerprint density at radius 1 is 1.35 bits per heavy atom. The van der Waals surface area contributed by atoms with Gasteiger partial charge in [0.05, 0.1) is 10.6 Å². The quantitative estimate of drug-likeness (QED) is 0.496. The van der Waals surface area contributed by atoms with E-state index in [1.54, 1.807) is 32.9 Å². The first-order valence-corrected chi connectivity index (χ1v) is 5.15. The van der Waals surface area contributed by atoms with E-state index in [0.717, 1.165) is 5.56 Å². The molecule has 5 nitrogen and oxygen atoms in total. The molecule has 0 saturated heterocycles. The van der Waals surface area contributed by atoms with Crippen LogP contribution >= 0.6 is 0 Å². The molecule has 0 unspecified atom stereocenters. The SMILES string of the molecule is C/C=C/C(=O)Nc1cc([N+](=O)[O-])c(C)cc1C. The van der Waals surface area contributed by atoms with Crippen molar-refractivity contribution in [3.05, 3.63) is 45.5 Å². The standard InChI is InChI=1S/C12H14N2O3/c1-4-5-12(15)13-10-7-11(14(16)17)9(3)6-8(10)2/h4-7H,1-3H3,(H,13,15)/b5-4+. The van der Waals surface area contributed by atoms with Crippen molar-refractivity contribution in [1.29, 1.82) is 0 Å². The molecule has 0 fully saturated rings. The van der Waals surface area contributed by atoms with Crippen LogP contribution in [0.25, 0.3) is 0 Å². The highest BCUT2D eigenvalue weighted by molar-refractivity contribution is 6.00. The first kappa shape index (κ1) is 12.9.